The molecule has 3 aromatic carbocycles. The molecule has 0 spiro atoms. The lowest BCUT2D eigenvalue weighted by Gasteiger charge is -2.34. The molecule has 198 valence electrons. The molecular weight excluding hydrogens is 500 g/mol. The maximum absolute atomic E-state index is 15.0. The van der Waals surface area contributed by atoms with Gasteiger partial charge in [0.15, 0.2) is 5.65 Å². The molecule has 0 unspecified atom stereocenters. The zero-order valence-corrected chi connectivity index (χ0v) is 21.4. The van der Waals surface area contributed by atoms with Crippen LogP contribution >= 0.6 is 0 Å². The molecule has 3 heterocycles. The smallest absolute Gasteiger partial charge is 0.228 e. The molecule has 0 radical (unpaired) electrons. The first-order valence-corrected chi connectivity index (χ1v) is 12.7. The predicted molar refractivity (Wildman–Crippen MR) is 147 cm³/mol. The van der Waals surface area contributed by atoms with E-state index in [1.807, 2.05) is 12.1 Å². The van der Waals surface area contributed by atoms with Crippen molar-refractivity contribution in [1.29, 1.82) is 0 Å². The van der Waals surface area contributed by atoms with E-state index >= 15 is 0 Å². The van der Waals surface area contributed by atoms with Crippen LogP contribution in [-0.2, 0) is 6.54 Å². The third-order valence-corrected chi connectivity index (χ3v) is 6.96. The van der Waals surface area contributed by atoms with Gasteiger partial charge in [0, 0.05) is 38.3 Å². The Balaban J connectivity index is 1.34. The summed E-state index contributed by atoms with van der Waals surface area (Å²) < 4.78 is 35.6. The van der Waals surface area contributed by atoms with E-state index in [-0.39, 0.29) is 5.82 Å². The summed E-state index contributed by atoms with van der Waals surface area (Å²) in [6.07, 6.45) is 0. The molecule has 0 saturated carbocycles. The number of fused-ring (bicyclic) bond motifs is 1. The first-order chi connectivity index (χ1) is 19.0. The number of ether oxygens (including phenoxy) is 1. The fourth-order valence-electron chi connectivity index (χ4n) is 4.89. The number of hydrogen-bond acceptors (Lipinski definition) is 7. The van der Waals surface area contributed by atoms with Crippen LogP contribution in [0.2, 0.25) is 0 Å². The Morgan fingerprint density at radius 1 is 0.897 bits per heavy atom. The second-order valence-corrected chi connectivity index (χ2v) is 9.44. The average Bonchev–Trinajstić information content (AvgIpc) is 3.30. The molecule has 5 aromatic rings. The van der Waals surface area contributed by atoms with Gasteiger partial charge in [-0.25, -0.2) is 18.4 Å². The van der Waals surface area contributed by atoms with Crippen molar-refractivity contribution >= 4 is 22.8 Å². The van der Waals surface area contributed by atoms with Crippen molar-refractivity contribution in [1.82, 2.24) is 24.6 Å². The highest BCUT2D eigenvalue weighted by molar-refractivity contribution is 5.99. The molecule has 0 atom stereocenters. The number of nitrogens with two attached hydrogens (primary N) is 1. The van der Waals surface area contributed by atoms with Crippen LogP contribution in [0.3, 0.4) is 0 Å². The predicted octanol–water partition coefficient (Wildman–Crippen LogP) is 4.67. The van der Waals surface area contributed by atoms with Crippen molar-refractivity contribution in [3.63, 3.8) is 0 Å². The Morgan fingerprint density at radius 2 is 1.67 bits per heavy atom. The van der Waals surface area contributed by atoms with Crippen LogP contribution in [0.1, 0.15) is 5.56 Å². The molecule has 6 rings (SSSR count). The Morgan fingerprint density at radius 3 is 2.38 bits per heavy atom. The molecule has 0 amide bonds. The molecular formula is C29H27F2N7O. The number of benzene rings is 3. The van der Waals surface area contributed by atoms with Crippen LogP contribution in [0.25, 0.3) is 28.0 Å². The Hall–Kier alpha value is -4.57. The highest BCUT2D eigenvalue weighted by Gasteiger charge is 2.25. The Labute approximate surface area is 224 Å². The first-order valence-electron chi connectivity index (χ1n) is 12.7. The van der Waals surface area contributed by atoms with E-state index in [2.05, 4.69) is 27.0 Å². The third kappa shape index (κ3) is 4.86. The standard InChI is InChI=1S/C29H27F2N7O/c1-39-22-11-9-19(10-12-22)18-36-13-15-37(16-14-36)29-33-26(23-7-2-3-8-24(23)31)25-27(32)38(35-28(25)34-29)21-6-4-5-20(30)17-21/h2-12,17H,13-16,18,32H2,1H3. The van der Waals surface area contributed by atoms with Gasteiger partial charge in [-0.05, 0) is 48.0 Å². The van der Waals surface area contributed by atoms with Crippen molar-refractivity contribution in [2.75, 3.05) is 43.9 Å². The lowest BCUT2D eigenvalue weighted by atomic mass is 10.1. The van der Waals surface area contributed by atoms with E-state index in [1.165, 1.54) is 28.4 Å². The van der Waals surface area contributed by atoms with Gasteiger partial charge in [0.2, 0.25) is 5.95 Å². The number of nitrogen functional groups attached to an aromatic ring is 1. The van der Waals surface area contributed by atoms with Crippen molar-refractivity contribution in [2.45, 2.75) is 6.54 Å². The fraction of sp³-hybridized carbons (Fsp3) is 0.207. The number of halogens is 2. The largest absolute Gasteiger partial charge is 0.497 e. The van der Waals surface area contributed by atoms with Gasteiger partial charge in [0.05, 0.1) is 23.9 Å². The van der Waals surface area contributed by atoms with Crippen LogP contribution in [0.4, 0.5) is 20.5 Å². The van der Waals surface area contributed by atoms with E-state index in [9.17, 15) is 8.78 Å². The summed E-state index contributed by atoms with van der Waals surface area (Å²) in [4.78, 5) is 14.0. The number of piperazine rings is 1. The number of methoxy groups -OCH3 is 1. The van der Waals surface area contributed by atoms with E-state index in [4.69, 9.17) is 20.4 Å². The second kappa shape index (κ2) is 10.3. The normalized spacial score (nSPS) is 14.2. The minimum absolute atomic E-state index is 0.213. The molecule has 2 N–H and O–H groups in total. The minimum atomic E-state index is -0.425. The Kier molecular flexibility index (Phi) is 6.54. The maximum Gasteiger partial charge on any atom is 0.228 e. The molecule has 2 aromatic heterocycles. The monoisotopic (exact) mass is 527 g/mol. The van der Waals surface area contributed by atoms with E-state index in [1.54, 1.807) is 37.4 Å². The SMILES string of the molecule is COc1ccc(CN2CCN(c3nc(-c4ccccc4F)c4c(N)n(-c5cccc(F)c5)nc4n3)CC2)cc1. The van der Waals surface area contributed by atoms with E-state index in [0.717, 1.165) is 25.4 Å². The average molecular weight is 528 g/mol. The van der Waals surface area contributed by atoms with Crippen molar-refractivity contribution in [3.8, 4) is 22.7 Å². The van der Waals surface area contributed by atoms with Gasteiger partial charge in [-0.1, -0.05) is 30.3 Å². The van der Waals surface area contributed by atoms with Crippen LogP contribution in [-0.4, -0.2) is 57.9 Å². The molecule has 0 bridgehead atoms. The summed E-state index contributed by atoms with van der Waals surface area (Å²) in [5, 5.41) is 5.01. The number of rotatable bonds is 6. The molecule has 8 nitrogen and oxygen atoms in total. The van der Waals surface area contributed by atoms with Crippen LogP contribution in [0.15, 0.2) is 72.8 Å². The highest BCUT2D eigenvalue weighted by atomic mass is 19.1. The van der Waals surface area contributed by atoms with Gasteiger partial charge >= 0.3 is 0 Å². The molecule has 1 aliphatic rings. The fourth-order valence-corrected chi connectivity index (χ4v) is 4.89. The van der Waals surface area contributed by atoms with Crippen LogP contribution < -0.4 is 15.4 Å². The van der Waals surface area contributed by atoms with Gasteiger partial charge < -0.3 is 15.4 Å². The summed E-state index contributed by atoms with van der Waals surface area (Å²) in [6.45, 7) is 3.83. The molecule has 0 aliphatic carbocycles. The minimum Gasteiger partial charge on any atom is -0.497 e. The van der Waals surface area contributed by atoms with Crippen LogP contribution in [0, 0.1) is 11.6 Å². The van der Waals surface area contributed by atoms with Crippen molar-refractivity contribution in [3.05, 3.63) is 90.0 Å². The maximum atomic E-state index is 15.0. The van der Waals surface area contributed by atoms with Crippen molar-refractivity contribution < 1.29 is 13.5 Å². The summed E-state index contributed by atoms with van der Waals surface area (Å²) in [5.41, 5.74) is 9.12. The molecule has 1 saturated heterocycles. The van der Waals surface area contributed by atoms with Crippen LogP contribution in [0.5, 0.6) is 5.75 Å². The van der Waals surface area contributed by atoms with Crippen molar-refractivity contribution in [2.24, 2.45) is 0 Å². The lowest BCUT2D eigenvalue weighted by molar-refractivity contribution is 0.248. The van der Waals surface area contributed by atoms with Gasteiger partial charge in [-0.2, -0.15) is 4.98 Å². The lowest BCUT2D eigenvalue weighted by Crippen LogP contribution is -2.46. The summed E-state index contributed by atoms with van der Waals surface area (Å²) in [5.74, 6) is 0.659. The topological polar surface area (TPSA) is 85.3 Å². The number of hydrogen-bond donors (Lipinski definition) is 1. The molecule has 1 aliphatic heterocycles. The molecule has 1 fully saturated rings. The third-order valence-electron chi connectivity index (χ3n) is 6.96. The number of nitrogens with zero attached hydrogens (tertiary/aromatic N) is 6. The first kappa shape index (κ1) is 24.7. The molecule has 39 heavy (non-hydrogen) atoms. The summed E-state index contributed by atoms with van der Waals surface area (Å²) in [7, 11) is 1.66. The van der Waals surface area contributed by atoms with E-state index < -0.39 is 11.6 Å². The zero-order valence-electron chi connectivity index (χ0n) is 21.4. The summed E-state index contributed by atoms with van der Waals surface area (Å²) >= 11 is 0. The van der Waals surface area contributed by atoms with Gasteiger partial charge in [-0.3, -0.25) is 4.90 Å². The van der Waals surface area contributed by atoms with E-state index in [0.29, 0.717) is 47.0 Å². The summed E-state index contributed by atoms with van der Waals surface area (Å²) in [6, 6.07) is 20.5. The number of aromatic nitrogens is 4. The zero-order chi connectivity index (χ0) is 26.9. The second-order valence-electron chi connectivity index (χ2n) is 9.44. The molecule has 10 heteroatoms. The van der Waals surface area contributed by atoms with Gasteiger partial charge in [0.1, 0.15) is 23.2 Å². The highest BCUT2D eigenvalue weighted by Crippen LogP contribution is 2.35. The quantitative estimate of drug-likeness (QED) is 0.343. The van der Waals surface area contributed by atoms with Gasteiger partial charge in [0.25, 0.3) is 0 Å². The van der Waals surface area contributed by atoms with Gasteiger partial charge in [-0.15, -0.1) is 5.10 Å². The number of anilines is 2. The Bertz CT molecular complexity index is 1630.